The number of aliphatic carboxylic acids is 1. The van der Waals surface area contributed by atoms with Crippen LogP contribution in [0.2, 0.25) is 5.02 Å². The Balaban J connectivity index is 1.58. The number of halogens is 1. The molecule has 4 N–H and O–H groups in total. The highest BCUT2D eigenvalue weighted by Crippen LogP contribution is 2.53. The van der Waals surface area contributed by atoms with Crippen LogP contribution >= 0.6 is 11.6 Å². The van der Waals surface area contributed by atoms with Gasteiger partial charge in [-0.1, -0.05) is 29.8 Å². The number of likely N-dealkylation sites (N-methyl/N-ethyl adjacent to an activating group) is 1. The second kappa shape index (κ2) is 7.69. The third kappa shape index (κ3) is 3.30. The number of likely N-dealkylation sites (tertiary alicyclic amines) is 1. The van der Waals surface area contributed by atoms with Gasteiger partial charge in [-0.2, -0.15) is 0 Å². The first-order valence-electron chi connectivity index (χ1n) is 10.5. The van der Waals surface area contributed by atoms with E-state index in [9.17, 15) is 25.2 Å². The molecule has 8 nitrogen and oxygen atoms in total. The number of ether oxygens (including phenoxy) is 2. The lowest BCUT2D eigenvalue weighted by Gasteiger charge is -2.46. The number of quaternary nitrogens is 1. The molecule has 0 radical (unpaired) electrons. The number of benzene rings is 2. The van der Waals surface area contributed by atoms with E-state index in [2.05, 4.69) is 0 Å². The van der Waals surface area contributed by atoms with E-state index in [0.717, 1.165) is 16.9 Å². The predicted molar refractivity (Wildman–Crippen MR) is 114 cm³/mol. The Hall–Kier alpha value is -2.20. The van der Waals surface area contributed by atoms with Gasteiger partial charge in [-0.3, -0.25) is 4.48 Å². The topological polar surface area (TPSA) is 116 Å². The molecular weight excluding hydrogens is 438 g/mol. The molecule has 1 unspecified atom stereocenters. The summed E-state index contributed by atoms with van der Waals surface area (Å²) in [5, 5.41) is 41.3. The first-order chi connectivity index (χ1) is 15.2. The third-order valence-electron chi connectivity index (χ3n) is 7.07. The molecule has 3 aliphatic heterocycles. The van der Waals surface area contributed by atoms with E-state index in [-0.39, 0.29) is 16.3 Å². The largest absolute Gasteiger partial charge is 0.479 e. The summed E-state index contributed by atoms with van der Waals surface area (Å²) in [7, 11) is 1.87. The van der Waals surface area contributed by atoms with Gasteiger partial charge in [0.2, 0.25) is 6.23 Å². The summed E-state index contributed by atoms with van der Waals surface area (Å²) in [4.78, 5) is 11.6. The number of aliphatic hydroxyl groups is 3. The first-order valence-corrected chi connectivity index (χ1v) is 10.9. The van der Waals surface area contributed by atoms with E-state index in [1.165, 1.54) is 0 Å². The average Bonchev–Trinajstić information content (AvgIpc) is 3.06. The second-order valence-corrected chi connectivity index (χ2v) is 9.57. The SMILES string of the molecule is C[N+]1([C@@H]2O[C@H](C(=O)O)[C@@H](O)[C@H](O)[C@H]2O)C[C@H]2c3ccccc3Oc3ccc(Cl)cc3[C@@H]2C1. The molecular formula is C23H25ClNO7+. The quantitative estimate of drug-likeness (QED) is 0.501. The maximum absolute atomic E-state index is 11.6. The highest BCUT2D eigenvalue weighted by Gasteiger charge is 2.58. The molecule has 9 heteroatoms. The number of carbonyl (C=O) groups is 1. The lowest BCUT2D eigenvalue weighted by molar-refractivity contribution is -0.952. The van der Waals surface area contributed by atoms with Crippen LogP contribution in [0.25, 0.3) is 0 Å². The van der Waals surface area contributed by atoms with E-state index in [1.54, 1.807) is 6.07 Å². The van der Waals surface area contributed by atoms with Crippen molar-refractivity contribution in [3.63, 3.8) is 0 Å². The van der Waals surface area contributed by atoms with Gasteiger partial charge < -0.3 is 29.9 Å². The Kier molecular flexibility index (Phi) is 5.20. The molecule has 2 saturated heterocycles. The standard InChI is InChI=1S/C23H24ClNO7/c1-25(22-20(28)18(26)19(27)21(32-22)23(29)30)9-14-12-4-2-3-5-16(12)31-17-7-6-11(24)8-13(17)15(14)10-25/h2-8,14-15,18-22,26-28H,9-10H2,1H3/p+1/t14-,15-,18-,19-,20+,21-,22+,25?/m0/s1. The summed E-state index contributed by atoms with van der Waals surface area (Å²) in [5.74, 6) is -0.00321. The fourth-order valence-electron chi connectivity index (χ4n) is 5.55. The zero-order chi connectivity index (χ0) is 22.8. The molecule has 32 heavy (non-hydrogen) atoms. The van der Waals surface area contributed by atoms with Crippen LogP contribution in [-0.2, 0) is 9.53 Å². The van der Waals surface area contributed by atoms with Crippen molar-refractivity contribution in [2.45, 2.75) is 42.5 Å². The highest BCUT2D eigenvalue weighted by molar-refractivity contribution is 6.30. The highest BCUT2D eigenvalue weighted by atomic mass is 35.5. The van der Waals surface area contributed by atoms with Gasteiger partial charge in [-0.25, -0.2) is 4.79 Å². The van der Waals surface area contributed by atoms with Crippen molar-refractivity contribution in [1.82, 2.24) is 0 Å². The van der Waals surface area contributed by atoms with E-state index in [0.29, 0.717) is 23.9 Å². The van der Waals surface area contributed by atoms with E-state index in [1.807, 2.05) is 43.4 Å². The first kappa shape index (κ1) is 21.6. The molecule has 3 heterocycles. The summed E-state index contributed by atoms with van der Waals surface area (Å²) in [6, 6.07) is 13.3. The Labute approximate surface area is 189 Å². The summed E-state index contributed by atoms with van der Waals surface area (Å²) in [5.41, 5.74) is 1.94. The minimum absolute atomic E-state index is 0.0148. The van der Waals surface area contributed by atoms with Crippen molar-refractivity contribution in [3.05, 3.63) is 58.6 Å². The number of para-hydroxylation sites is 1. The number of rotatable bonds is 2. The summed E-state index contributed by atoms with van der Waals surface area (Å²) >= 11 is 6.31. The van der Waals surface area contributed by atoms with Crippen LogP contribution in [0.3, 0.4) is 0 Å². The van der Waals surface area contributed by atoms with E-state index < -0.39 is 36.6 Å². The Bertz CT molecular complexity index is 1060. The van der Waals surface area contributed by atoms with Gasteiger partial charge in [0.25, 0.3) is 0 Å². The van der Waals surface area contributed by atoms with Crippen LogP contribution in [0.4, 0.5) is 0 Å². The minimum atomic E-state index is -1.72. The van der Waals surface area contributed by atoms with E-state index >= 15 is 0 Å². The van der Waals surface area contributed by atoms with Gasteiger partial charge in [-0.05, 0) is 24.3 Å². The fraction of sp³-hybridized carbons (Fsp3) is 0.435. The van der Waals surface area contributed by atoms with Gasteiger partial charge >= 0.3 is 5.97 Å². The zero-order valence-corrected chi connectivity index (χ0v) is 18.1. The van der Waals surface area contributed by atoms with Crippen LogP contribution in [0.5, 0.6) is 11.5 Å². The molecule has 3 aliphatic rings. The van der Waals surface area contributed by atoms with Gasteiger partial charge in [0.05, 0.1) is 20.1 Å². The van der Waals surface area contributed by atoms with Gasteiger partial charge in [0, 0.05) is 28.0 Å². The van der Waals surface area contributed by atoms with Crippen molar-refractivity contribution >= 4 is 17.6 Å². The third-order valence-corrected chi connectivity index (χ3v) is 7.30. The minimum Gasteiger partial charge on any atom is -0.479 e. The number of aliphatic hydroxyl groups excluding tert-OH is 3. The Morgan fingerprint density at radius 3 is 2.34 bits per heavy atom. The van der Waals surface area contributed by atoms with E-state index in [4.69, 9.17) is 21.1 Å². The molecule has 0 aromatic heterocycles. The number of carboxylic acids is 1. The smallest absolute Gasteiger partial charge is 0.335 e. The van der Waals surface area contributed by atoms with Gasteiger partial charge in [0.1, 0.15) is 23.7 Å². The summed E-state index contributed by atoms with van der Waals surface area (Å²) in [6.07, 6.45) is -7.45. The zero-order valence-electron chi connectivity index (χ0n) is 17.3. The van der Waals surface area contributed by atoms with Crippen LogP contribution in [0.1, 0.15) is 23.0 Å². The molecule has 0 amide bonds. The predicted octanol–water partition coefficient (Wildman–Crippen LogP) is 1.67. The van der Waals surface area contributed by atoms with Crippen LogP contribution < -0.4 is 4.74 Å². The Morgan fingerprint density at radius 1 is 0.969 bits per heavy atom. The molecule has 2 aromatic carbocycles. The lowest BCUT2D eigenvalue weighted by atomic mass is 9.84. The molecule has 0 saturated carbocycles. The number of carboxylic acid groups (broad SMARTS) is 1. The molecule has 0 aliphatic carbocycles. The summed E-state index contributed by atoms with van der Waals surface area (Å²) in [6.45, 7) is 1.00. The number of hydrogen-bond donors (Lipinski definition) is 4. The molecule has 5 rings (SSSR count). The molecule has 2 fully saturated rings. The van der Waals surface area contributed by atoms with Crippen molar-refractivity contribution in [2.75, 3.05) is 20.1 Å². The normalized spacial score (nSPS) is 38.1. The molecule has 0 spiro atoms. The van der Waals surface area contributed by atoms with Crippen molar-refractivity contribution < 1.29 is 39.2 Å². The second-order valence-electron chi connectivity index (χ2n) is 9.14. The van der Waals surface area contributed by atoms with Crippen LogP contribution in [0, 0.1) is 0 Å². The maximum Gasteiger partial charge on any atom is 0.335 e. The molecule has 2 aromatic rings. The lowest BCUT2D eigenvalue weighted by Crippen LogP contribution is -2.68. The van der Waals surface area contributed by atoms with Crippen molar-refractivity contribution in [2.24, 2.45) is 0 Å². The summed E-state index contributed by atoms with van der Waals surface area (Å²) < 4.78 is 12.1. The van der Waals surface area contributed by atoms with Gasteiger partial charge in [0.15, 0.2) is 12.2 Å². The number of nitrogens with zero attached hydrogens (tertiary/aromatic N) is 1. The molecule has 170 valence electrons. The van der Waals surface area contributed by atoms with Crippen LogP contribution in [0.15, 0.2) is 42.5 Å². The van der Waals surface area contributed by atoms with Crippen LogP contribution in [-0.4, -0.2) is 81.7 Å². The number of hydrogen-bond acceptors (Lipinski definition) is 6. The fourth-order valence-corrected chi connectivity index (χ4v) is 5.73. The van der Waals surface area contributed by atoms with Crippen molar-refractivity contribution in [1.29, 1.82) is 0 Å². The molecule has 8 atom stereocenters. The van der Waals surface area contributed by atoms with Crippen molar-refractivity contribution in [3.8, 4) is 11.5 Å². The number of fused-ring (bicyclic) bond motifs is 5. The van der Waals surface area contributed by atoms with Gasteiger partial charge in [-0.15, -0.1) is 0 Å². The maximum atomic E-state index is 11.6. The monoisotopic (exact) mass is 462 g/mol. The molecule has 0 bridgehead atoms. The average molecular weight is 463 g/mol. The Morgan fingerprint density at radius 2 is 1.62 bits per heavy atom.